The van der Waals surface area contributed by atoms with Crippen LogP contribution in [-0.4, -0.2) is 17.9 Å². The number of carbonyl (C=O) groups is 2. The minimum Gasteiger partial charge on any atom is -0.481 e. The lowest BCUT2D eigenvalue weighted by Gasteiger charge is -2.16. The standard InChI is InChI=1S/C17H19ClN2O3S/c1-8-7-12(18)5-6-13(8)23-10(3)16(22)20-17-14(15(19)21)9(2)11(4)24-17/h5-7,10H,1-4H3,(H2,19,21)(H,20,22). The molecule has 0 bridgehead atoms. The van der Waals surface area contributed by atoms with Crippen LogP contribution in [0.15, 0.2) is 18.2 Å². The molecule has 1 heterocycles. The lowest BCUT2D eigenvalue weighted by molar-refractivity contribution is -0.122. The summed E-state index contributed by atoms with van der Waals surface area (Å²) in [7, 11) is 0. The van der Waals surface area contributed by atoms with Crippen molar-refractivity contribution in [3.8, 4) is 5.75 Å². The Morgan fingerprint density at radius 1 is 1.29 bits per heavy atom. The largest absolute Gasteiger partial charge is 0.481 e. The van der Waals surface area contributed by atoms with Crippen molar-refractivity contribution in [3.63, 3.8) is 0 Å². The van der Waals surface area contributed by atoms with E-state index in [1.54, 1.807) is 32.0 Å². The van der Waals surface area contributed by atoms with Crippen molar-refractivity contribution < 1.29 is 14.3 Å². The molecule has 0 fully saturated rings. The van der Waals surface area contributed by atoms with E-state index >= 15 is 0 Å². The molecule has 128 valence electrons. The van der Waals surface area contributed by atoms with Crippen LogP contribution in [0.3, 0.4) is 0 Å². The molecule has 2 amide bonds. The topological polar surface area (TPSA) is 81.4 Å². The summed E-state index contributed by atoms with van der Waals surface area (Å²) in [5, 5.41) is 3.79. The number of ether oxygens (including phenoxy) is 1. The molecule has 2 aromatic rings. The SMILES string of the molecule is Cc1cc(Cl)ccc1OC(C)C(=O)Nc1sc(C)c(C)c1C(N)=O. The summed E-state index contributed by atoms with van der Waals surface area (Å²) in [6.07, 6.45) is -0.742. The van der Waals surface area contributed by atoms with E-state index in [9.17, 15) is 9.59 Å². The van der Waals surface area contributed by atoms with Gasteiger partial charge in [-0.2, -0.15) is 0 Å². The monoisotopic (exact) mass is 366 g/mol. The first-order valence-electron chi connectivity index (χ1n) is 7.34. The number of hydrogen-bond donors (Lipinski definition) is 2. The number of primary amides is 1. The van der Waals surface area contributed by atoms with Gasteiger partial charge in [-0.25, -0.2) is 0 Å². The summed E-state index contributed by atoms with van der Waals surface area (Å²) in [5.41, 5.74) is 7.38. The molecule has 0 aliphatic rings. The van der Waals surface area contributed by atoms with Gasteiger partial charge in [-0.3, -0.25) is 9.59 Å². The van der Waals surface area contributed by atoms with Gasteiger partial charge in [0.15, 0.2) is 6.10 Å². The maximum absolute atomic E-state index is 12.4. The fourth-order valence-corrected chi connectivity index (χ4v) is 3.51. The zero-order chi connectivity index (χ0) is 18.0. The van der Waals surface area contributed by atoms with E-state index in [2.05, 4.69) is 5.32 Å². The number of thiophene rings is 1. The van der Waals surface area contributed by atoms with Crippen LogP contribution in [0, 0.1) is 20.8 Å². The predicted octanol–water partition coefficient (Wildman–Crippen LogP) is 3.83. The van der Waals surface area contributed by atoms with Gasteiger partial charge < -0.3 is 15.8 Å². The van der Waals surface area contributed by atoms with Gasteiger partial charge in [0.25, 0.3) is 11.8 Å². The number of benzene rings is 1. The van der Waals surface area contributed by atoms with Gasteiger partial charge in [-0.15, -0.1) is 11.3 Å². The number of hydrogen-bond acceptors (Lipinski definition) is 4. The average Bonchev–Trinajstić information content (AvgIpc) is 2.76. The molecule has 0 saturated carbocycles. The fourth-order valence-electron chi connectivity index (χ4n) is 2.21. The normalized spacial score (nSPS) is 11.9. The minimum absolute atomic E-state index is 0.348. The van der Waals surface area contributed by atoms with Gasteiger partial charge in [0.2, 0.25) is 0 Å². The molecule has 0 spiro atoms. The summed E-state index contributed by atoms with van der Waals surface area (Å²) in [5.74, 6) is -0.335. The summed E-state index contributed by atoms with van der Waals surface area (Å²) < 4.78 is 5.69. The molecule has 1 atom stereocenters. The highest BCUT2D eigenvalue weighted by molar-refractivity contribution is 7.16. The van der Waals surface area contributed by atoms with Gasteiger partial charge in [0, 0.05) is 9.90 Å². The highest BCUT2D eigenvalue weighted by Gasteiger charge is 2.22. The summed E-state index contributed by atoms with van der Waals surface area (Å²) in [4.78, 5) is 24.9. The molecular weight excluding hydrogens is 348 g/mol. The second-order valence-corrected chi connectivity index (χ2v) is 7.17. The highest BCUT2D eigenvalue weighted by Crippen LogP contribution is 2.32. The minimum atomic E-state index is -0.742. The van der Waals surface area contributed by atoms with E-state index in [1.165, 1.54) is 11.3 Å². The molecule has 5 nitrogen and oxygen atoms in total. The molecule has 2 rings (SSSR count). The van der Waals surface area contributed by atoms with E-state index in [-0.39, 0.29) is 5.91 Å². The van der Waals surface area contributed by atoms with Crippen molar-refractivity contribution in [2.45, 2.75) is 33.8 Å². The zero-order valence-corrected chi connectivity index (χ0v) is 15.5. The predicted molar refractivity (Wildman–Crippen MR) is 97.2 cm³/mol. The number of anilines is 1. The first-order valence-corrected chi connectivity index (χ1v) is 8.53. The van der Waals surface area contributed by atoms with Crippen molar-refractivity contribution in [3.05, 3.63) is 44.8 Å². The van der Waals surface area contributed by atoms with Crippen LogP contribution in [0.1, 0.15) is 33.3 Å². The first-order chi connectivity index (χ1) is 11.2. The summed E-state index contributed by atoms with van der Waals surface area (Å²) in [6, 6.07) is 5.18. The quantitative estimate of drug-likeness (QED) is 0.843. The molecule has 1 aromatic heterocycles. The van der Waals surface area contributed by atoms with Crippen molar-refractivity contribution in [1.29, 1.82) is 0 Å². The number of rotatable bonds is 5. The van der Waals surface area contributed by atoms with E-state index in [4.69, 9.17) is 22.1 Å². The van der Waals surface area contributed by atoms with Gasteiger partial charge in [-0.1, -0.05) is 11.6 Å². The third-order valence-corrected chi connectivity index (χ3v) is 5.04. The van der Waals surface area contributed by atoms with E-state index in [0.29, 0.717) is 21.3 Å². The number of aryl methyl sites for hydroxylation is 2. The Bertz CT molecular complexity index is 801. The van der Waals surface area contributed by atoms with Crippen molar-refractivity contribution in [1.82, 2.24) is 0 Å². The van der Waals surface area contributed by atoms with Gasteiger partial charge in [-0.05, 0) is 57.0 Å². The Kier molecular flexibility index (Phi) is 5.51. The van der Waals surface area contributed by atoms with Crippen LogP contribution < -0.4 is 15.8 Å². The van der Waals surface area contributed by atoms with Crippen LogP contribution in [0.4, 0.5) is 5.00 Å². The Morgan fingerprint density at radius 2 is 1.96 bits per heavy atom. The van der Waals surface area contributed by atoms with Crippen LogP contribution in [-0.2, 0) is 4.79 Å². The smallest absolute Gasteiger partial charge is 0.265 e. The third-order valence-electron chi connectivity index (χ3n) is 3.68. The number of nitrogens with one attached hydrogen (secondary N) is 1. The van der Waals surface area contributed by atoms with Gasteiger partial charge >= 0.3 is 0 Å². The van der Waals surface area contributed by atoms with Crippen LogP contribution in [0.2, 0.25) is 5.02 Å². The van der Waals surface area contributed by atoms with Crippen molar-refractivity contribution >= 4 is 39.8 Å². The Labute approximate surface area is 149 Å². The third kappa shape index (κ3) is 3.88. The molecule has 1 aromatic carbocycles. The lowest BCUT2D eigenvalue weighted by atomic mass is 10.1. The number of nitrogens with two attached hydrogens (primary N) is 1. The molecule has 0 aliphatic heterocycles. The van der Waals surface area contributed by atoms with E-state index in [0.717, 1.165) is 16.0 Å². The maximum Gasteiger partial charge on any atom is 0.265 e. The molecule has 24 heavy (non-hydrogen) atoms. The lowest BCUT2D eigenvalue weighted by Crippen LogP contribution is -2.30. The highest BCUT2D eigenvalue weighted by atomic mass is 35.5. The molecule has 7 heteroatoms. The number of carbonyl (C=O) groups excluding carboxylic acids is 2. The number of halogens is 1. The first kappa shape index (κ1) is 18.3. The zero-order valence-electron chi connectivity index (χ0n) is 13.9. The second kappa shape index (κ2) is 7.23. The van der Waals surface area contributed by atoms with E-state index < -0.39 is 12.0 Å². The second-order valence-electron chi connectivity index (χ2n) is 5.51. The van der Waals surface area contributed by atoms with Gasteiger partial charge in [0.05, 0.1) is 5.56 Å². The Morgan fingerprint density at radius 3 is 2.54 bits per heavy atom. The average molecular weight is 367 g/mol. The van der Waals surface area contributed by atoms with Crippen molar-refractivity contribution in [2.75, 3.05) is 5.32 Å². The summed E-state index contributed by atoms with van der Waals surface area (Å²) in [6.45, 7) is 7.17. The van der Waals surface area contributed by atoms with Crippen LogP contribution >= 0.6 is 22.9 Å². The molecule has 0 saturated heterocycles. The molecule has 0 radical (unpaired) electrons. The maximum atomic E-state index is 12.4. The molecular formula is C17H19ClN2O3S. The Hall–Kier alpha value is -2.05. The van der Waals surface area contributed by atoms with Gasteiger partial charge in [0.1, 0.15) is 10.8 Å². The molecule has 1 unspecified atom stereocenters. The number of amides is 2. The van der Waals surface area contributed by atoms with Crippen LogP contribution in [0.25, 0.3) is 0 Å². The van der Waals surface area contributed by atoms with Crippen LogP contribution in [0.5, 0.6) is 5.75 Å². The molecule has 3 N–H and O–H groups in total. The Balaban J connectivity index is 2.15. The molecule has 0 aliphatic carbocycles. The van der Waals surface area contributed by atoms with E-state index in [1.807, 2.05) is 13.8 Å². The summed E-state index contributed by atoms with van der Waals surface area (Å²) >= 11 is 7.23. The fraction of sp³-hybridized carbons (Fsp3) is 0.294. The van der Waals surface area contributed by atoms with Crippen molar-refractivity contribution in [2.24, 2.45) is 5.73 Å².